The highest BCUT2D eigenvalue weighted by Crippen LogP contribution is 2.30. The summed E-state index contributed by atoms with van der Waals surface area (Å²) in [7, 11) is 0. The fourth-order valence-corrected chi connectivity index (χ4v) is 4.54. The number of hydrogen-bond acceptors (Lipinski definition) is 6. The minimum Gasteiger partial charge on any atom is -0.248 e. The smallest absolute Gasteiger partial charge is 0.210 e. The van der Waals surface area contributed by atoms with Gasteiger partial charge in [-0.3, -0.25) is 0 Å². The van der Waals surface area contributed by atoms with Gasteiger partial charge in [0.05, 0.1) is 12.2 Å². The van der Waals surface area contributed by atoms with E-state index in [2.05, 4.69) is 65.5 Å². The molecule has 0 atom stereocenters. The third-order valence-corrected chi connectivity index (χ3v) is 6.73. The molecule has 36 heavy (non-hydrogen) atoms. The number of rotatable bonds is 7. The van der Waals surface area contributed by atoms with Crippen molar-refractivity contribution in [3.05, 3.63) is 108 Å². The van der Waals surface area contributed by atoms with E-state index >= 15 is 0 Å². The maximum atomic E-state index is 4.87. The molecule has 0 unspecified atom stereocenters. The number of hydrogen-bond donors (Lipinski definition) is 0. The summed E-state index contributed by atoms with van der Waals surface area (Å²) >= 11 is 1.51. The summed E-state index contributed by atoms with van der Waals surface area (Å²) < 4.78 is 1.87. The average molecular weight is 493 g/mol. The van der Waals surface area contributed by atoms with Gasteiger partial charge in [0.15, 0.2) is 0 Å². The van der Waals surface area contributed by atoms with Crippen LogP contribution in [0.2, 0.25) is 0 Å². The zero-order chi connectivity index (χ0) is 25.0. The summed E-state index contributed by atoms with van der Waals surface area (Å²) in [5.41, 5.74) is 7.14. The molecule has 6 nitrogen and oxygen atoms in total. The molecule has 0 radical (unpaired) electrons. The first kappa shape index (κ1) is 23.9. The Morgan fingerprint density at radius 3 is 2.00 bits per heavy atom. The van der Waals surface area contributed by atoms with Crippen LogP contribution >= 0.6 is 11.8 Å². The molecule has 0 N–H and O–H groups in total. The van der Waals surface area contributed by atoms with Crippen LogP contribution in [0.4, 0.5) is 0 Å². The average Bonchev–Trinajstić information content (AvgIpc) is 3.35. The first-order valence-electron chi connectivity index (χ1n) is 11.9. The number of aromatic nitrogens is 6. The van der Waals surface area contributed by atoms with Crippen LogP contribution in [0, 0.1) is 0 Å². The fraction of sp³-hybridized carbons (Fsp3) is 0.207. The van der Waals surface area contributed by atoms with E-state index in [1.165, 1.54) is 22.9 Å². The van der Waals surface area contributed by atoms with Crippen LogP contribution in [-0.4, -0.2) is 30.2 Å². The molecule has 0 saturated heterocycles. The van der Waals surface area contributed by atoms with E-state index in [0.29, 0.717) is 17.5 Å². The van der Waals surface area contributed by atoms with Crippen molar-refractivity contribution in [3.8, 4) is 22.5 Å². The normalized spacial score (nSPS) is 11.5. The first-order valence-corrected chi connectivity index (χ1v) is 12.9. The summed E-state index contributed by atoms with van der Waals surface area (Å²) in [5.74, 6) is 0.615. The third-order valence-electron chi connectivity index (χ3n) is 5.86. The topological polar surface area (TPSA) is 69.4 Å². The Hall–Kier alpha value is -3.84. The Kier molecular flexibility index (Phi) is 6.91. The van der Waals surface area contributed by atoms with E-state index in [1.807, 2.05) is 71.5 Å². The summed E-state index contributed by atoms with van der Waals surface area (Å²) in [4.78, 5) is 4.87. The van der Waals surface area contributed by atoms with Gasteiger partial charge in [0.25, 0.3) is 0 Å². The van der Waals surface area contributed by atoms with Gasteiger partial charge < -0.3 is 0 Å². The highest BCUT2D eigenvalue weighted by Gasteiger charge is 2.15. The number of nitrogens with zero attached hydrogens (tertiary/aromatic N) is 6. The maximum absolute atomic E-state index is 4.87. The SMILES string of the molecule is CC(C)(C)c1ccc(Cn2cc(CSc3nnc(-c4ccccc4)c(-c4ccccc4)n3)nn2)cc1. The second-order valence-electron chi connectivity index (χ2n) is 9.67. The molecular weight excluding hydrogens is 464 g/mol. The van der Waals surface area contributed by atoms with Gasteiger partial charge in [-0.15, -0.1) is 15.3 Å². The lowest BCUT2D eigenvalue weighted by Gasteiger charge is -2.19. The fourth-order valence-electron chi connectivity index (χ4n) is 3.88. The van der Waals surface area contributed by atoms with Crippen molar-refractivity contribution in [2.24, 2.45) is 0 Å². The molecule has 0 aliphatic rings. The molecule has 5 aromatic rings. The molecule has 0 saturated carbocycles. The molecule has 7 heteroatoms. The zero-order valence-corrected chi connectivity index (χ0v) is 21.5. The Morgan fingerprint density at radius 1 is 0.722 bits per heavy atom. The van der Waals surface area contributed by atoms with Crippen LogP contribution in [0.25, 0.3) is 22.5 Å². The number of benzene rings is 3. The largest absolute Gasteiger partial charge is 0.248 e. The second-order valence-corrected chi connectivity index (χ2v) is 10.6. The van der Waals surface area contributed by atoms with E-state index in [9.17, 15) is 0 Å². The third kappa shape index (κ3) is 5.69. The van der Waals surface area contributed by atoms with E-state index < -0.39 is 0 Å². The summed E-state index contributed by atoms with van der Waals surface area (Å²) in [6.45, 7) is 7.35. The van der Waals surface area contributed by atoms with Crippen molar-refractivity contribution in [2.45, 2.75) is 43.6 Å². The summed E-state index contributed by atoms with van der Waals surface area (Å²) in [6, 6.07) is 28.9. The zero-order valence-electron chi connectivity index (χ0n) is 20.7. The molecule has 0 amide bonds. The van der Waals surface area contributed by atoms with Gasteiger partial charge in [0.1, 0.15) is 11.4 Å². The van der Waals surface area contributed by atoms with Crippen LogP contribution < -0.4 is 0 Å². The van der Waals surface area contributed by atoms with E-state index in [-0.39, 0.29) is 5.41 Å². The molecule has 0 bridgehead atoms. The molecule has 180 valence electrons. The van der Waals surface area contributed by atoms with Crippen LogP contribution in [0.1, 0.15) is 37.6 Å². The van der Waals surface area contributed by atoms with E-state index in [0.717, 1.165) is 28.2 Å². The molecular formula is C29H28N6S. The molecule has 0 aliphatic carbocycles. The van der Waals surface area contributed by atoms with Crippen LogP contribution in [-0.2, 0) is 17.7 Å². The van der Waals surface area contributed by atoms with Crippen molar-refractivity contribution in [1.29, 1.82) is 0 Å². The highest BCUT2D eigenvalue weighted by atomic mass is 32.2. The van der Waals surface area contributed by atoms with Crippen molar-refractivity contribution in [3.63, 3.8) is 0 Å². The lowest BCUT2D eigenvalue weighted by Crippen LogP contribution is -2.11. The minimum atomic E-state index is 0.146. The van der Waals surface area contributed by atoms with Gasteiger partial charge in [0, 0.05) is 23.1 Å². The van der Waals surface area contributed by atoms with Crippen molar-refractivity contribution < 1.29 is 0 Å². The van der Waals surface area contributed by atoms with Crippen molar-refractivity contribution >= 4 is 11.8 Å². The van der Waals surface area contributed by atoms with Gasteiger partial charge in [-0.25, -0.2) is 9.67 Å². The Labute approximate surface area is 215 Å². The van der Waals surface area contributed by atoms with Crippen LogP contribution in [0.3, 0.4) is 0 Å². The van der Waals surface area contributed by atoms with Crippen molar-refractivity contribution in [2.75, 3.05) is 0 Å². The number of thioether (sulfide) groups is 1. The highest BCUT2D eigenvalue weighted by molar-refractivity contribution is 7.98. The van der Waals surface area contributed by atoms with Gasteiger partial charge in [-0.05, 0) is 16.5 Å². The Balaban J connectivity index is 1.30. The Morgan fingerprint density at radius 2 is 1.36 bits per heavy atom. The predicted molar refractivity (Wildman–Crippen MR) is 145 cm³/mol. The molecule has 0 aliphatic heterocycles. The minimum absolute atomic E-state index is 0.146. The molecule has 3 aromatic carbocycles. The molecule has 5 rings (SSSR count). The first-order chi connectivity index (χ1) is 17.5. The molecule has 2 heterocycles. The van der Waals surface area contributed by atoms with Crippen LogP contribution in [0.15, 0.2) is 96.3 Å². The second kappa shape index (κ2) is 10.4. The van der Waals surface area contributed by atoms with Crippen molar-refractivity contribution in [1.82, 2.24) is 30.2 Å². The quantitative estimate of drug-likeness (QED) is 0.244. The monoisotopic (exact) mass is 492 g/mol. The summed E-state index contributed by atoms with van der Waals surface area (Å²) in [6.07, 6.45) is 1.98. The lowest BCUT2D eigenvalue weighted by atomic mass is 9.87. The van der Waals surface area contributed by atoms with Gasteiger partial charge in [-0.2, -0.15) is 0 Å². The maximum Gasteiger partial charge on any atom is 0.210 e. The Bertz CT molecular complexity index is 1420. The van der Waals surface area contributed by atoms with Gasteiger partial charge >= 0.3 is 0 Å². The van der Waals surface area contributed by atoms with E-state index in [4.69, 9.17) is 4.98 Å². The summed E-state index contributed by atoms with van der Waals surface area (Å²) in [5, 5.41) is 18.2. The van der Waals surface area contributed by atoms with Crippen LogP contribution in [0.5, 0.6) is 0 Å². The van der Waals surface area contributed by atoms with E-state index in [1.54, 1.807) is 0 Å². The molecule has 0 fully saturated rings. The van der Waals surface area contributed by atoms with Gasteiger partial charge in [0.2, 0.25) is 5.16 Å². The lowest BCUT2D eigenvalue weighted by molar-refractivity contribution is 0.589. The predicted octanol–water partition coefficient (Wildman–Crippen LogP) is 6.44. The standard InChI is InChI=1S/C29H28N6S/c1-29(2,3)24-16-14-21(15-17-24)18-35-19-25(31-34-35)20-36-28-30-26(22-10-6-4-7-11-22)27(32-33-28)23-12-8-5-9-13-23/h4-17,19H,18,20H2,1-3H3. The van der Waals surface area contributed by atoms with Gasteiger partial charge in [-0.1, -0.05) is 123 Å². The molecule has 0 spiro atoms. The molecule has 2 aromatic heterocycles.